The monoisotopic (exact) mass is 324 g/mol. The van der Waals surface area contributed by atoms with Crippen LogP contribution in [0, 0.1) is 13.8 Å². The van der Waals surface area contributed by atoms with Gasteiger partial charge in [0.1, 0.15) is 11.5 Å². The highest BCUT2D eigenvalue weighted by molar-refractivity contribution is 7.92. The quantitative estimate of drug-likeness (QED) is 0.760. The van der Waals surface area contributed by atoms with Gasteiger partial charge in [0.05, 0.1) is 11.9 Å². The Labute approximate surface area is 130 Å². The van der Waals surface area contributed by atoms with Crippen LogP contribution >= 0.6 is 0 Å². The number of aryl methyl sites for hydroxylation is 2. The van der Waals surface area contributed by atoms with Crippen LogP contribution in [0.5, 0.6) is 0 Å². The standard InChI is InChI=1S/C14H20N4O3S/c1-4-5-8-15-13-7-6-12(9-16-13)18-22(19,20)14-10(2)17-21-11(14)3/h6-7,9,18H,4-5,8H2,1-3H3,(H,15,16). The molecule has 2 N–H and O–H groups in total. The van der Waals surface area contributed by atoms with Crippen molar-refractivity contribution in [2.45, 2.75) is 38.5 Å². The van der Waals surface area contributed by atoms with Crippen LogP contribution < -0.4 is 10.0 Å². The average Bonchev–Trinajstić information content (AvgIpc) is 2.81. The van der Waals surface area contributed by atoms with Gasteiger partial charge in [0, 0.05) is 6.54 Å². The minimum Gasteiger partial charge on any atom is -0.370 e. The molecule has 0 aliphatic rings. The summed E-state index contributed by atoms with van der Waals surface area (Å²) in [6.45, 7) is 6.10. The second kappa shape index (κ2) is 6.78. The van der Waals surface area contributed by atoms with E-state index in [0.29, 0.717) is 17.2 Å². The number of rotatable bonds is 7. The topological polar surface area (TPSA) is 97.1 Å². The second-order valence-corrected chi connectivity index (χ2v) is 6.59. The van der Waals surface area contributed by atoms with Gasteiger partial charge >= 0.3 is 0 Å². The van der Waals surface area contributed by atoms with Gasteiger partial charge in [0.15, 0.2) is 10.7 Å². The summed E-state index contributed by atoms with van der Waals surface area (Å²) in [5.41, 5.74) is 0.719. The Morgan fingerprint density at radius 1 is 1.27 bits per heavy atom. The third-order valence-corrected chi connectivity index (χ3v) is 4.71. The fourth-order valence-corrected chi connectivity index (χ4v) is 3.39. The summed E-state index contributed by atoms with van der Waals surface area (Å²) in [6.07, 6.45) is 3.63. The minimum atomic E-state index is -3.73. The van der Waals surface area contributed by atoms with Crippen molar-refractivity contribution in [3.63, 3.8) is 0 Å². The zero-order valence-corrected chi connectivity index (χ0v) is 13.7. The molecule has 0 atom stereocenters. The van der Waals surface area contributed by atoms with Gasteiger partial charge in [0.25, 0.3) is 10.0 Å². The third-order valence-electron chi connectivity index (χ3n) is 3.09. The predicted molar refractivity (Wildman–Crippen MR) is 84.4 cm³/mol. The third kappa shape index (κ3) is 3.76. The zero-order chi connectivity index (χ0) is 16.2. The predicted octanol–water partition coefficient (Wildman–Crippen LogP) is 2.70. The number of nitrogens with one attached hydrogen (secondary N) is 2. The Balaban J connectivity index is 2.10. The number of aromatic nitrogens is 2. The fraction of sp³-hybridized carbons (Fsp3) is 0.429. The highest BCUT2D eigenvalue weighted by Gasteiger charge is 2.24. The van der Waals surface area contributed by atoms with Crippen LogP contribution in [0.4, 0.5) is 11.5 Å². The number of unbranched alkanes of at least 4 members (excludes halogenated alkanes) is 1. The van der Waals surface area contributed by atoms with Crippen molar-refractivity contribution in [2.24, 2.45) is 0 Å². The van der Waals surface area contributed by atoms with Gasteiger partial charge in [-0.25, -0.2) is 13.4 Å². The molecule has 0 amide bonds. The van der Waals surface area contributed by atoms with Crippen molar-refractivity contribution < 1.29 is 12.9 Å². The summed E-state index contributed by atoms with van der Waals surface area (Å²) >= 11 is 0. The zero-order valence-electron chi connectivity index (χ0n) is 12.9. The first-order valence-electron chi connectivity index (χ1n) is 7.09. The summed E-state index contributed by atoms with van der Waals surface area (Å²) in [6, 6.07) is 3.40. The highest BCUT2D eigenvalue weighted by atomic mass is 32.2. The number of hydrogen-bond donors (Lipinski definition) is 2. The molecule has 0 radical (unpaired) electrons. The van der Waals surface area contributed by atoms with E-state index in [1.165, 1.54) is 6.20 Å². The molecular formula is C14H20N4O3S. The van der Waals surface area contributed by atoms with Crippen molar-refractivity contribution >= 4 is 21.5 Å². The van der Waals surface area contributed by atoms with Gasteiger partial charge in [-0.1, -0.05) is 18.5 Å². The molecule has 120 valence electrons. The minimum absolute atomic E-state index is 0.0673. The van der Waals surface area contributed by atoms with E-state index in [1.54, 1.807) is 26.0 Å². The van der Waals surface area contributed by atoms with E-state index >= 15 is 0 Å². The van der Waals surface area contributed by atoms with Crippen molar-refractivity contribution in [1.29, 1.82) is 0 Å². The lowest BCUT2D eigenvalue weighted by Crippen LogP contribution is -2.14. The van der Waals surface area contributed by atoms with E-state index in [-0.39, 0.29) is 10.7 Å². The Kier molecular flexibility index (Phi) is 5.02. The summed E-state index contributed by atoms with van der Waals surface area (Å²) in [5.74, 6) is 0.976. The number of hydrogen-bond acceptors (Lipinski definition) is 6. The lowest BCUT2D eigenvalue weighted by Gasteiger charge is -2.09. The fourth-order valence-electron chi connectivity index (χ4n) is 2.02. The molecule has 2 aromatic heterocycles. The number of anilines is 2. The lowest BCUT2D eigenvalue weighted by atomic mass is 10.3. The van der Waals surface area contributed by atoms with E-state index in [2.05, 4.69) is 27.1 Å². The van der Waals surface area contributed by atoms with E-state index < -0.39 is 10.0 Å². The molecule has 0 saturated carbocycles. The van der Waals surface area contributed by atoms with Crippen LogP contribution in [0.1, 0.15) is 31.2 Å². The molecule has 0 aliphatic heterocycles. The van der Waals surface area contributed by atoms with E-state index in [4.69, 9.17) is 4.52 Å². The van der Waals surface area contributed by atoms with Crippen molar-refractivity contribution in [3.05, 3.63) is 29.8 Å². The largest absolute Gasteiger partial charge is 0.370 e. The van der Waals surface area contributed by atoms with Gasteiger partial charge in [-0.05, 0) is 32.4 Å². The Morgan fingerprint density at radius 3 is 2.59 bits per heavy atom. The first-order valence-corrected chi connectivity index (χ1v) is 8.58. The lowest BCUT2D eigenvalue weighted by molar-refractivity contribution is 0.390. The molecule has 8 heteroatoms. The van der Waals surface area contributed by atoms with Gasteiger partial charge in [-0.3, -0.25) is 4.72 Å². The van der Waals surface area contributed by atoms with E-state index in [0.717, 1.165) is 19.4 Å². The van der Waals surface area contributed by atoms with Gasteiger partial charge < -0.3 is 9.84 Å². The molecule has 0 fully saturated rings. The van der Waals surface area contributed by atoms with Crippen LogP contribution in [-0.4, -0.2) is 25.1 Å². The summed E-state index contributed by atoms with van der Waals surface area (Å²) in [7, 11) is -3.73. The maximum absolute atomic E-state index is 12.3. The molecule has 2 rings (SSSR count). The summed E-state index contributed by atoms with van der Waals surface area (Å²) in [5, 5.41) is 6.83. The molecule has 0 unspecified atom stereocenters. The summed E-state index contributed by atoms with van der Waals surface area (Å²) in [4.78, 5) is 4.25. The van der Waals surface area contributed by atoms with Crippen LogP contribution in [0.2, 0.25) is 0 Å². The van der Waals surface area contributed by atoms with Crippen LogP contribution in [-0.2, 0) is 10.0 Å². The van der Waals surface area contributed by atoms with Gasteiger partial charge in [-0.15, -0.1) is 0 Å². The maximum Gasteiger partial charge on any atom is 0.267 e. The molecular weight excluding hydrogens is 304 g/mol. The number of sulfonamides is 1. The Hall–Kier alpha value is -2.09. The smallest absolute Gasteiger partial charge is 0.267 e. The Morgan fingerprint density at radius 2 is 2.05 bits per heavy atom. The highest BCUT2D eigenvalue weighted by Crippen LogP contribution is 2.22. The molecule has 0 aliphatic carbocycles. The first-order chi connectivity index (χ1) is 10.4. The summed E-state index contributed by atoms with van der Waals surface area (Å²) < 4.78 is 32.1. The second-order valence-electron chi connectivity index (χ2n) is 4.97. The molecule has 0 aromatic carbocycles. The first kappa shape index (κ1) is 16.3. The molecule has 0 bridgehead atoms. The SMILES string of the molecule is CCCCNc1ccc(NS(=O)(=O)c2c(C)noc2C)cn1. The molecule has 2 aromatic rings. The van der Waals surface area contributed by atoms with Gasteiger partial charge in [-0.2, -0.15) is 0 Å². The van der Waals surface area contributed by atoms with E-state index in [9.17, 15) is 8.42 Å². The van der Waals surface area contributed by atoms with Crippen molar-refractivity contribution in [3.8, 4) is 0 Å². The Bertz CT molecular complexity index is 704. The van der Waals surface area contributed by atoms with Gasteiger partial charge in [0.2, 0.25) is 0 Å². The van der Waals surface area contributed by atoms with Crippen molar-refractivity contribution in [2.75, 3.05) is 16.6 Å². The number of pyridine rings is 1. The molecule has 0 spiro atoms. The van der Waals surface area contributed by atoms with Crippen LogP contribution in [0.3, 0.4) is 0 Å². The average molecular weight is 324 g/mol. The maximum atomic E-state index is 12.3. The molecule has 7 nitrogen and oxygen atoms in total. The normalized spacial score (nSPS) is 11.4. The van der Waals surface area contributed by atoms with Crippen LogP contribution in [0.25, 0.3) is 0 Å². The molecule has 2 heterocycles. The van der Waals surface area contributed by atoms with Crippen molar-refractivity contribution in [1.82, 2.24) is 10.1 Å². The van der Waals surface area contributed by atoms with E-state index in [1.807, 2.05) is 0 Å². The van der Waals surface area contributed by atoms with Crippen LogP contribution in [0.15, 0.2) is 27.7 Å². The molecule has 0 saturated heterocycles. The number of nitrogens with zero attached hydrogens (tertiary/aromatic N) is 2. The molecule has 22 heavy (non-hydrogen) atoms.